The van der Waals surface area contributed by atoms with Gasteiger partial charge >= 0.3 is 5.97 Å². The molecule has 3 N–H and O–H groups in total. The van der Waals surface area contributed by atoms with Gasteiger partial charge < -0.3 is 10.4 Å². The largest absolute Gasteiger partial charge is 0.481 e. The van der Waals surface area contributed by atoms with Gasteiger partial charge in [0.2, 0.25) is 0 Å². The van der Waals surface area contributed by atoms with Crippen LogP contribution in [0.1, 0.15) is 53.4 Å². The number of carbonyl (C=O) groups is 1. The maximum Gasteiger partial charge on any atom is 0.303 e. The van der Waals surface area contributed by atoms with Gasteiger partial charge in [-0.05, 0) is 67.7 Å². The Morgan fingerprint density at radius 3 is 2.80 bits per heavy atom. The summed E-state index contributed by atoms with van der Waals surface area (Å²) < 4.78 is 0. The Balaban J connectivity index is 1.33. The van der Waals surface area contributed by atoms with Gasteiger partial charge in [-0.25, -0.2) is 4.98 Å². The van der Waals surface area contributed by atoms with Crippen molar-refractivity contribution in [3.63, 3.8) is 0 Å². The lowest BCUT2D eigenvalue weighted by molar-refractivity contribution is -0.137. The normalized spacial score (nSPS) is 14.0. The topological polar surface area (TPSA) is 90.9 Å². The zero-order chi connectivity index (χ0) is 20.8. The molecule has 6 heteroatoms. The summed E-state index contributed by atoms with van der Waals surface area (Å²) in [5.74, 6) is 0.187. The molecule has 3 aromatic rings. The van der Waals surface area contributed by atoms with Crippen LogP contribution in [0.3, 0.4) is 0 Å². The zero-order valence-corrected chi connectivity index (χ0v) is 17.1. The van der Waals surface area contributed by atoms with E-state index < -0.39 is 5.97 Å². The van der Waals surface area contributed by atoms with Crippen molar-refractivity contribution < 1.29 is 9.90 Å². The molecule has 156 valence electrons. The average Bonchev–Trinajstić information content (AvgIpc) is 3.21. The number of hydrogen-bond donors (Lipinski definition) is 3. The van der Waals surface area contributed by atoms with E-state index in [2.05, 4.69) is 33.7 Å². The molecular weight excluding hydrogens is 376 g/mol. The van der Waals surface area contributed by atoms with E-state index in [-0.39, 0.29) is 12.3 Å². The Hall–Kier alpha value is -3.15. The van der Waals surface area contributed by atoms with Crippen LogP contribution >= 0.6 is 0 Å². The monoisotopic (exact) mass is 404 g/mol. The highest BCUT2D eigenvalue weighted by Crippen LogP contribution is 2.24. The van der Waals surface area contributed by atoms with Gasteiger partial charge in [0.25, 0.3) is 0 Å². The van der Waals surface area contributed by atoms with E-state index in [1.54, 1.807) is 0 Å². The Kier molecular flexibility index (Phi) is 6.42. The van der Waals surface area contributed by atoms with Crippen molar-refractivity contribution in [3.05, 3.63) is 76.7 Å². The summed E-state index contributed by atoms with van der Waals surface area (Å²) in [5.41, 5.74) is 5.47. The van der Waals surface area contributed by atoms with Gasteiger partial charge in [0.15, 0.2) is 0 Å². The first-order valence-corrected chi connectivity index (χ1v) is 10.7. The molecule has 4 rings (SSSR count). The summed E-state index contributed by atoms with van der Waals surface area (Å²) in [5, 5.41) is 20.2. The molecule has 0 bridgehead atoms. The molecule has 0 saturated carbocycles. The third kappa shape index (κ3) is 5.26. The van der Waals surface area contributed by atoms with Crippen LogP contribution in [0.4, 0.5) is 5.82 Å². The number of anilines is 1. The second-order valence-corrected chi connectivity index (χ2v) is 7.99. The Morgan fingerprint density at radius 1 is 1.10 bits per heavy atom. The predicted molar refractivity (Wildman–Crippen MR) is 117 cm³/mol. The van der Waals surface area contributed by atoms with Crippen molar-refractivity contribution in [2.75, 3.05) is 11.9 Å². The number of aromatic nitrogens is 3. The lowest BCUT2D eigenvalue weighted by Gasteiger charge is -2.17. The highest BCUT2D eigenvalue weighted by Gasteiger charge is 2.18. The molecule has 6 nitrogen and oxygen atoms in total. The fourth-order valence-electron chi connectivity index (χ4n) is 4.11. The third-order valence-electron chi connectivity index (χ3n) is 5.66. The summed E-state index contributed by atoms with van der Waals surface area (Å²) in [7, 11) is 0. The van der Waals surface area contributed by atoms with E-state index >= 15 is 0 Å². The first-order chi connectivity index (χ1) is 14.7. The van der Waals surface area contributed by atoms with Crippen molar-refractivity contribution in [1.82, 2.24) is 15.2 Å². The van der Waals surface area contributed by atoms with Crippen LogP contribution in [0.5, 0.6) is 0 Å². The van der Waals surface area contributed by atoms with Crippen molar-refractivity contribution in [3.8, 4) is 0 Å². The number of aromatic amines is 1. The molecule has 3 heterocycles. The molecule has 1 aromatic carbocycles. The highest BCUT2D eigenvalue weighted by atomic mass is 16.4. The number of fused-ring (bicyclic) bond motifs is 1. The van der Waals surface area contributed by atoms with Gasteiger partial charge in [0.05, 0.1) is 12.1 Å². The van der Waals surface area contributed by atoms with E-state index in [0.29, 0.717) is 6.42 Å². The van der Waals surface area contributed by atoms with Crippen LogP contribution in [0.2, 0.25) is 0 Å². The summed E-state index contributed by atoms with van der Waals surface area (Å²) >= 11 is 0. The van der Waals surface area contributed by atoms with Crippen LogP contribution in [-0.2, 0) is 30.5 Å². The molecule has 1 aliphatic rings. The zero-order valence-electron chi connectivity index (χ0n) is 17.1. The number of benzene rings is 1. The molecule has 0 aliphatic carbocycles. The molecule has 0 radical (unpaired) electrons. The minimum atomic E-state index is -0.786. The smallest absolute Gasteiger partial charge is 0.303 e. The number of nitrogens with one attached hydrogen (secondary N) is 2. The Labute approximate surface area is 176 Å². The van der Waals surface area contributed by atoms with Gasteiger partial charge in [-0.3, -0.25) is 9.89 Å². The summed E-state index contributed by atoms with van der Waals surface area (Å²) in [4.78, 5) is 16.1. The molecule has 1 aliphatic heterocycles. The first kappa shape index (κ1) is 20.1. The van der Waals surface area contributed by atoms with Gasteiger partial charge in [-0.1, -0.05) is 36.4 Å². The van der Waals surface area contributed by atoms with E-state index in [1.807, 2.05) is 30.3 Å². The number of hydrogen-bond acceptors (Lipinski definition) is 4. The van der Waals surface area contributed by atoms with E-state index in [0.717, 1.165) is 60.7 Å². The lowest BCUT2D eigenvalue weighted by atomic mass is 9.91. The summed E-state index contributed by atoms with van der Waals surface area (Å²) in [6.07, 6.45) is 5.81. The van der Waals surface area contributed by atoms with Crippen molar-refractivity contribution >= 4 is 11.8 Å². The standard InChI is InChI=1S/C24H28N4O2/c29-23(30)15-19(17-6-2-1-3-7-17)14-22-16-21(27-28-22)10-4-9-20-12-11-18-8-5-13-25-24(18)26-20/h1-3,6-7,11-12,16,19H,4-5,8-10,13-15H2,(H,25,26)(H,27,28)(H,29,30). The molecular formula is C24H28N4O2. The van der Waals surface area contributed by atoms with Crippen molar-refractivity contribution in [2.45, 2.75) is 50.9 Å². The fraction of sp³-hybridized carbons (Fsp3) is 0.375. The second kappa shape index (κ2) is 9.57. The minimum absolute atomic E-state index is 0.0768. The fourth-order valence-corrected chi connectivity index (χ4v) is 4.11. The first-order valence-electron chi connectivity index (χ1n) is 10.7. The molecule has 0 fully saturated rings. The average molecular weight is 405 g/mol. The van der Waals surface area contributed by atoms with E-state index in [1.165, 1.54) is 12.0 Å². The predicted octanol–water partition coefficient (Wildman–Crippen LogP) is 4.14. The molecule has 30 heavy (non-hydrogen) atoms. The number of pyridine rings is 1. The number of nitrogens with zero attached hydrogens (tertiary/aromatic N) is 2. The minimum Gasteiger partial charge on any atom is -0.481 e. The van der Waals surface area contributed by atoms with E-state index in [4.69, 9.17) is 4.98 Å². The number of aryl methyl sites for hydroxylation is 3. The molecule has 0 amide bonds. The Morgan fingerprint density at radius 2 is 1.97 bits per heavy atom. The summed E-state index contributed by atoms with van der Waals surface area (Å²) in [6.45, 7) is 1.01. The number of aliphatic carboxylic acids is 1. The van der Waals surface area contributed by atoms with Gasteiger partial charge in [-0.15, -0.1) is 0 Å². The van der Waals surface area contributed by atoms with Crippen molar-refractivity contribution in [2.24, 2.45) is 0 Å². The van der Waals surface area contributed by atoms with E-state index in [9.17, 15) is 9.90 Å². The maximum atomic E-state index is 11.3. The van der Waals surface area contributed by atoms with Crippen LogP contribution in [0, 0.1) is 0 Å². The molecule has 1 unspecified atom stereocenters. The second-order valence-electron chi connectivity index (χ2n) is 7.99. The van der Waals surface area contributed by atoms with Crippen LogP contribution < -0.4 is 5.32 Å². The van der Waals surface area contributed by atoms with Gasteiger partial charge in [-0.2, -0.15) is 5.10 Å². The van der Waals surface area contributed by atoms with Crippen LogP contribution in [0.15, 0.2) is 48.5 Å². The van der Waals surface area contributed by atoms with Crippen LogP contribution in [-0.4, -0.2) is 32.8 Å². The molecule has 0 spiro atoms. The van der Waals surface area contributed by atoms with Crippen molar-refractivity contribution in [1.29, 1.82) is 0 Å². The van der Waals surface area contributed by atoms with Gasteiger partial charge in [0, 0.05) is 17.9 Å². The molecule has 1 atom stereocenters. The highest BCUT2D eigenvalue weighted by molar-refractivity contribution is 5.68. The number of rotatable bonds is 9. The third-order valence-corrected chi connectivity index (χ3v) is 5.66. The quantitative estimate of drug-likeness (QED) is 0.499. The number of H-pyrrole nitrogens is 1. The Bertz CT molecular complexity index is 984. The van der Waals surface area contributed by atoms with Crippen LogP contribution in [0.25, 0.3) is 0 Å². The molecule has 0 saturated heterocycles. The van der Waals surface area contributed by atoms with Gasteiger partial charge in [0.1, 0.15) is 5.82 Å². The molecule has 2 aromatic heterocycles. The number of carboxylic acids is 1. The summed E-state index contributed by atoms with van der Waals surface area (Å²) in [6, 6.07) is 16.2. The maximum absolute atomic E-state index is 11.3. The lowest BCUT2D eigenvalue weighted by Crippen LogP contribution is -2.14. The SMILES string of the molecule is O=C(O)CC(Cc1cc(CCCc2ccc3c(n2)NCCC3)[nH]n1)c1ccccc1. The number of carboxylic acid groups (broad SMARTS) is 1.